The number of benzene rings is 2. The number of nitro benzene ring substituents is 1. The van der Waals surface area contributed by atoms with Crippen LogP contribution in [0.15, 0.2) is 40.9 Å². The van der Waals surface area contributed by atoms with Crippen LogP contribution in [0, 0.1) is 15.9 Å². The van der Waals surface area contributed by atoms with Crippen molar-refractivity contribution in [1.82, 2.24) is 0 Å². The smallest absolute Gasteiger partial charge is 0.272 e. The van der Waals surface area contributed by atoms with Gasteiger partial charge < -0.3 is 5.32 Å². The summed E-state index contributed by atoms with van der Waals surface area (Å²) in [6.07, 6.45) is 0. The van der Waals surface area contributed by atoms with Gasteiger partial charge >= 0.3 is 0 Å². The SMILES string of the molecule is O=[N+]([O-])c1ccc(NCc2cc(Cl)ccc2Br)c(F)c1. The number of nitro groups is 1. The quantitative estimate of drug-likeness (QED) is 0.632. The van der Waals surface area contributed by atoms with Crippen LogP contribution in [0.3, 0.4) is 0 Å². The molecule has 0 fully saturated rings. The monoisotopic (exact) mass is 358 g/mol. The van der Waals surface area contributed by atoms with Crippen LogP contribution in [0.1, 0.15) is 5.56 Å². The van der Waals surface area contributed by atoms with Crippen LogP contribution in [0.25, 0.3) is 0 Å². The van der Waals surface area contributed by atoms with Gasteiger partial charge in [0.2, 0.25) is 0 Å². The van der Waals surface area contributed by atoms with E-state index >= 15 is 0 Å². The summed E-state index contributed by atoms with van der Waals surface area (Å²) in [5.41, 5.74) is 0.773. The van der Waals surface area contributed by atoms with Crippen molar-refractivity contribution in [2.45, 2.75) is 6.54 Å². The van der Waals surface area contributed by atoms with E-state index in [2.05, 4.69) is 21.2 Å². The Morgan fingerprint density at radius 3 is 2.70 bits per heavy atom. The minimum absolute atomic E-state index is 0.197. The van der Waals surface area contributed by atoms with Gasteiger partial charge in [0.15, 0.2) is 5.82 Å². The number of hydrogen-bond acceptors (Lipinski definition) is 3. The molecule has 0 radical (unpaired) electrons. The van der Waals surface area contributed by atoms with Gasteiger partial charge in [-0.05, 0) is 29.8 Å². The number of hydrogen-bond donors (Lipinski definition) is 1. The average Bonchev–Trinajstić information content (AvgIpc) is 2.40. The number of non-ortho nitro benzene ring substituents is 1. The van der Waals surface area contributed by atoms with Gasteiger partial charge in [0.1, 0.15) is 0 Å². The van der Waals surface area contributed by atoms with E-state index in [1.165, 1.54) is 12.1 Å². The van der Waals surface area contributed by atoms with Crippen LogP contribution in [0.5, 0.6) is 0 Å². The van der Waals surface area contributed by atoms with E-state index in [0.717, 1.165) is 16.1 Å². The average molecular weight is 360 g/mol. The molecule has 4 nitrogen and oxygen atoms in total. The molecule has 0 bridgehead atoms. The van der Waals surface area contributed by atoms with Crippen LogP contribution in [0.4, 0.5) is 15.8 Å². The predicted octanol–water partition coefficient (Wildman–Crippen LogP) is 4.76. The van der Waals surface area contributed by atoms with E-state index in [-0.39, 0.29) is 11.4 Å². The molecule has 104 valence electrons. The Kier molecular flexibility index (Phi) is 4.57. The second kappa shape index (κ2) is 6.19. The lowest BCUT2D eigenvalue weighted by atomic mass is 10.2. The maximum atomic E-state index is 13.7. The Bertz CT molecular complexity index is 667. The lowest BCUT2D eigenvalue weighted by molar-refractivity contribution is -0.385. The van der Waals surface area contributed by atoms with Crippen LogP contribution in [0.2, 0.25) is 5.02 Å². The molecule has 2 aromatic carbocycles. The van der Waals surface area contributed by atoms with E-state index in [1.54, 1.807) is 18.2 Å². The van der Waals surface area contributed by atoms with Gasteiger partial charge in [-0.3, -0.25) is 10.1 Å². The highest BCUT2D eigenvalue weighted by molar-refractivity contribution is 9.10. The summed E-state index contributed by atoms with van der Waals surface area (Å²) < 4.78 is 14.5. The van der Waals surface area contributed by atoms with Crippen molar-refractivity contribution in [2.75, 3.05) is 5.32 Å². The standard InChI is InChI=1S/C13H9BrClFN2O2/c14-11-3-1-9(15)5-8(11)7-17-13-4-2-10(18(19)20)6-12(13)16/h1-6,17H,7H2. The normalized spacial score (nSPS) is 10.3. The van der Waals surface area contributed by atoms with Gasteiger partial charge in [0.25, 0.3) is 5.69 Å². The zero-order valence-electron chi connectivity index (χ0n) is 10.1. The van der Waals surface area contributed by atoms with Crippen LogP contribution >= 0.6 is 27.5 Å². The molecule has 0 amide bonds. The highest BCUT2D eigenvalue weighted by Crippen LogP contribution is 2.24. The molecule has 0 aliphatic carbocycles. The second-order valence-electron chi connectivity index (χ2n) is 4.01. The number of nitrogens with one attached hydrogen (secondary N) is 1. The Hall–Kier alpha value is -1.66. The van der Waals surface area contributed by atoms with Gasteiger partial charge in [-0.15, -0.1) is 0 Å². The number of rotatable bonds is 4. The summed E-state index contributed by atoms with van der Waals surface area (Å²) in [6.45, 7) is 0.343. The lowest BCUT2D eigenvalue weighted by Crippen LogP contribution is -2.02. The Balaban J connectivity index is 2.15. The van der Waals surface area contributed by atoms with Crippen molar-refractivity contribution >= 4 is 38.9 Å². The third kappa shape index (κ3) is 3.46. The number of halogens is 3. The molecule has 2 rings (SSSR count). The van der Waals surface area contributed by atoms with Gasteiger partial charge in [0.05, 0.1) is 16.7 Å². The van der Waals surface area contributed by atoms with Crippen molar-refractivity contribution in [3.8, 4) is 0 Å². The fourth-order valence-corrected chi connectivity index (χ4v) is 2.21. The first kappa shape index (κ1) is 14.7. The van der Waals surface area contributed by atoms with Gasteiger partial charge in [0, 0.05) is 22.1 Å². The zero-order chi connectivity index (χ0) is 14.7. The molecular weight excluding hydrogens is 351 g/mol. The molecular formula is C13H9BrClFN2O2. The summed E-state index contributed by atoms with van der Waals surface area (Å²) in [5.74, 6) is -0.669. The van der Waals surface area contributed by atoms with E-state index in [0.29, 0.717) is 11.6 Å². The third-order valence-electron chi connectivity index (χ3n) is 2.64. The van der Waals surface area contributed by atoms with Crippen LogP contribution in [-0.4, -0.2) is 4.92 Å². The summed E-state index contributed by atoms with van der Waals surface area (Å²) in [4.78, 5) is 9.89. The molecule has 2 aromatic rings. The number of nitrogens with zero attached hydrogens (tertiary/aromatic N) is 1. The van der Waals surface area contributed by atoms with Crippen LogP contribution < -0.4 is 5.32 Å². The summed E-state index contributed by atoms with van der Waals surface area (Å²) in [7, 11) is 0. The minimum Gasteiger partial charge on any atom is -0.379 e. The maximum Gasteiger partial charge on any atom is 0.272 e. The van der Waals surface area contributed by atoms with E-state index in [1.807, 2.05) is 0 Å². The molecule has 0 aliphatic rings. The van der Waals surface area contributed by atoms with Crippen molar-refractivity contribution in [3.05, 3.63) is 67.4 Å². The second-order valence-corrected chi connectivity index (χ2v) is 5.30. The molecule has 0 unspecified atom stereocenters. The Labute approximate surface area is 127 Å². The van der Waals surface area contributed by atoms with E-state index in [9.17, 15) is 14.5 Å². The molecule has 1 N–H and O–H groups in total. The van der Waals surface area contributed by atoms with Crippen molar-refractivity contribution < 1.29 is 9.31 Å². The Morgan fingerprint density at radius 2 is 2.05 bits per heavy atom. The van der Waals surface area contributed by atoms with E-state index < -0.39 is 10.7 Å². The van der Waals surface area contributed by atoms with Crippen LogP contribution in [-0.2, 0) is 6.54 Å². The molecule has 0 spiro atoms. The largest absolute Gasteiger partial charge is 0.379 e. The topological polar surface area (TPSA) is 55.2 Å². The van der Waals surface area contributed by atoms with Gasteiger partial charge in [-0.1, -0.05) is 27.5 Å². The molecule has 20 heavy (non-hydrogen) atoms. The first-order valence-corrected chi connectivity index (χ1v) is 6.76. The summed E-state index contributed by atoms with van der Waals surface area (Å²) in [5, 5.41) is 14.0. The summed E-state index contributed by atoms with van der Waals surface area (Å²) >= 11 is 9.26. The fraction of sp³-hybridized carbons (Fsp3) is 0.0769. The molecule has 0 atom stereocenters. The first-order valence-electron chi connectivity index (χ1n) is 5.59. The molecule has 0 heterocycles. The molecule has 0 saturated carbocycles. The lowest BCUT2D eigenvalue weighted by Gasteiger charge is -2.09. The van der Waals surface area contributed by atoms with Gasteiger partial charge in [-0.25, -0.2) is 4.39 Å². The minimum atomic E-state index is -0.669. The number of anilines is 1. The molecule has 0 aliphatic heterocycles. The van der Waals surface area contributed by atoms with Crippen molar-refractivity contribution in [2.24, 2.45) is 0 Å². The molecule has 7 heteroatoms. The summed E-state index contributed by atoms with van der Waals surface area (Å²) in [6, 6.07) is 8.76. The predicted molar refractivity (Wildman–Crippen MR) is 79.5 cm³/mol. The molecule has 0 saturated heterocycles. The fourth-order valence-electron chi connectivity index (χ4n) is 1.63. The maximum absolute atomic E-state index is 13.7. The Morgan fingerprint density at radius 1 is 1.30 bits per heavy atom. The third-order valence-corrected chi connectivity index (χ3v) is 3.65. The zero-order valence-corrected chi connectivity index (χ0v) is 12.4. The first-order chi connectivity index (χ1) is 9.47. The van der Waals surface area contributed by atoms with E-state index in [4.69, 9.17) is 11.6 Å². The van der Waals surface area contributed by atoms with Crippen molar-refractivity contribution in [3.63, 3.8) is 0 Å². The molecule has 0 aromatic heterocycles. The van der Waals surface area contributed by atoms with Gasteiger partial charge in [-0.2, -0.15) is 0 Å². The van der Waals surface area contributed by atoms with Crippen molar-refractivity contribution in [1.29, 1.82) is 0 Å². The highest BCUT2D eigenvalue weighted by atomic mass is 79.9. The highest BCUT2D eigenvalue weighted by Gasteiger charge is 2.10.